The predicted octanol–water partition coefficient (Wildman–Crippen LogP) is 3.58. The molecular weight excluding hydrogens is 306 g/mol. The van der Waals surface area contributed by atoms with Gasteiger partial charge in [-0.25, -0.2) is 4.79 Å². The predicted molar refractivity (Wildman–Crippen MR) is 81.9 cm³/mol. The number of halogens is 1. The molecule has 22 heavy (non-hydrogen) atoms. The highest BCUT2D eigenvalue weighted by Crippen LogP contribution is 2.31. The van der Waals surface area contributed by atoms with Crippen molar-refractivity contribution >= 4 is 17.7 Å². The number of rotatable bonds is 2. The highest BCUT2D eigenvalue weighted by Gasteiger charge is 2.37. The minimum Gasteiger partial charge on any atom is -0.410 e. The third-order valence-corrected chi connectivity index (χ3v) is 4.40. The number of piperidine rings is 1. The van der Waals surface area contributed by atoms with Crippen LogP contribution in [0.2, 0.25) is 5.02 Å². The minimum absolute atomic E-state index is 0.0964. The van der Waals surface area contributed by atoms with Gasteiger partial charge in [-0.05, 0) is 50.5 Å². The molecule has 2 aliphatic heterocycles. The molecule has 1 aromatic carbocycles. The summed E-state index contributed by atoms with van der Waals surface area (Å²) in [5.41, 5.74) is 0.848. The van der Waals surface area contributed by atoms with Crippen LogP contribution in [-0.2, 0) is 9.47 Å². The van der Waals surface area contributed by atoms with Crippen LogP contribution in [-0.4, -0.2) is 36.7 Å². The number of ether oxygens (including phenoxy) is 3. The number of carbonyl (C=O) groups is 1. The summed E-state index contributed by atoms with van der Waals surface area (Å²) in [6, 6.07) is 5.22. The van der Waals surface area contributed by atoms with Crippen molar-refractivity contribution in [3.8, 4) is 5.75 Å². The first-order valence-corrected chi connectivity index (χ1v) is 7.94. The monoisotopic (exact) mass is 325 g/mol. The third-order valence-electron chi connectivity index (χ3n) is 4.17. The van der Waals surface area contributed by atoms with Gasteiger partial charge in [0, 0.05) is 24.0 Å². The molecule has 0 saturated carbocycles. The van der Waals surface area contributed by atoms with Gasteiger partial charge in [-0.2, -0.15) is 0 Å². The average molecular weight is 326 g/mol. The summed E-state index contributed by atoms with van der Waals surface area (Å²) < 4.78 is 16.5. The molecule has 0 aliphatic carbocycles. The van der Waals surface area contributed by atoms with E-state index in [4.69, 9.17) is 25.8 Å². The molecule has 2 aliphatic rings. The van der Waals surface area contributed by atoms with E-state index < -0.39 is 0 Å². The molecule has 0 radical (unpaired) electrons. The summed E-state index contributed by atoms with van der Waals surface area (Å²) in [7, 11) is 0. The van der Waals surface area contributed by atoms with E-state index in [0.29, 0.717) is 29.8 Å². The zero-order chi connectivity index (χ0) is 15.7. The van der Waals surface area contributed by atoms with E-state index in [1.54, 1.807) is 23.1 Å². The maximum absolute atomic E-state index is 12.2. The number of likely N-dealkylation sites (tertiary alicyclic amines) is 1. The normalized spacial score (nSPS) is 25.7. The fourth-order valence-electron chi connectivity index (χ4n) is 2.85. The average Bonchev–Trinajstić information content (AvgIpc) is 2.47. The second-order valence-electron chi connectivity index (χ2n) is 5.81. The van der Waals surface area contributed by atoms with Crippen molar-refractivity contribution in [2.24, 2.45) is 5.92 Å². The van der Waals surface area contributed by atoms with E-state index >= 15 is 0 Å². The van der Waals surface area contributed by atoms with E-state index in [2.05, 4.69) is 0 Å². The Labute approximate surface area is 135 Å². The molecule has 0 aromatic heterocycles. The molecule has 6 heteroatoms. The summed E-state index contributed by atoms with van der Waals surface area (Å²) in [4.78, 5) is 14.0. The lowest BCUT2D eigenvalue weighted by Crippen LogP contribution is -2.49. The van der Waals surface area contributed by atoms with Crippen LogP contribution in [0.25, 0.3) is 0 Å². The molecule has 0 atom stereocenters. The van der Waals surface area contributed by atoms with Gasteiger partial charge in [-0.15, -0.1) is 0 Å². The topological polar surface area (TPSA) is 48.0 Å². The second-order valence-corrected chi connectivity index (χ2v) is 6.25. The molecule has 2 fully saturated rings. The number of nitrogens with zero attached hydrogens (tertiary/aromatic N) is 1. The molecular formula is C16H20ClNO4. The Balaban J connectivity index is 1.51. The van der Waals surface area contributed by atoms with Gasteiger partial charge in [0.1, 0.15) is 5.75 Å². The van der Waals surface area contributed by atoms with E-state index in [1.807, 2.05) is 13.8 Å². The molecule has 1 aromatic rings. The molecule has 2 saturated heterocycles. The third kappa shape index (κ3) is 3.37. The van der Waals surface area contributed by atoms with Crippen LogP contribution in [0, 0.1) is 12.8 Å². The van der Waals surface area contributed by atoms with Crippen LogP contribution < -0.4 is 4.74 Å². The highest BCUT2D eigenvalue weighted by molar-refractivity contribution is 6.30. The summed E-state index contributed by atoms with van der Waals surface area (Å²) in [6.07, 6.45) is 1.22. The van der Waals surface area contributed by atoms with Crippen LogP contribution in [0.15, 0.2) is 18.2 Å². The molecule has 3 rings (SSSR count). The largest absolute Gasteiger partial charge is 0.415 e. The zero-order valence-electron chi connectivity index (χ0n) is 12.8. The number of hydrogen-bond acceptors (Lipinski definition) is 4. The number of benzene rings is 1. The SMILES string of the molecule is Cc1cc(Cl)ccc1OC(=O)N1CCC(C2OC(C)O2)CC1. The van der Waals surface area contributed by atoms with Gasteiger partial charge < -0.3 is 19.1 Å². The fraction of sp³-hybridized carbons (Fsp3) is 0.562. The first-order chi connectivity index (χ1) is 10.5. The number of amides is 1. The number of carbonyl (C=O) groups excluding carboxylic acids is 1. The van der Waals surface area contributed by atoms with Crippen molar-refractivity contribution in [3.05, 3.63) is 28.8 Å². The Kier molecular flexibility index (Phi) is 4.57. The van der Waals surface area contributed by atoms with Gasteiger partial charge in [0.2, 0.25) is 0 Å². The van der Waals surface area contributed by atoms with Gasteiger partial charge in [0.05, 0.1) is 0 Å². The van der Waals surface area contributed by atoms with E-state index in [9.17, 15) is 4.79 Å². The summed E-state index contributed by atoms with van der Waals surface area (Å²) in [5, 5.41) is 0.632. The summed E-state index contributed by atoms with van der Waals surface area (Å²) in [5.74, 6) is 0.911. The number of aryl methyl sites for hydroxylation is 1. The number of hydrogen-bond donors (Lipinski definition) is 0. The van der Waals surface area contributed by atoms with Crippen LogP contribution >= 0.6 is 11.6 Å². The second kappa shape index (κ2) is 6.44. The van der Waals surface area contributed by atoms with Crippen molar-refractivity contribution in [3.63, 3.8) is 0 Å². The van der Waals surface area contributed by atoms with Gasteiger partial charge in [0.25, 0.3) is 0 Å². The maximum atomic E-state index is 12.2. The molecule has 0 spiro atoms. The molecule has 0 bridgehead atoms. The fourth-order valence-corrected chi connectivity index (χ4v) is 3.08. The lowest BCUT2D eigenvalue weighted by molar-refractivity contribution is -0.394. The van der Waals surface area contributed by atoms with Crippen LogP contribution in [0.3, 0.4) is 0 Å². The minimum atomic E-state index is -0.312. The molecule has 120 valence electrons. The Bertz CT molecular complexity index is 551. The molecule has 0 unspecified atom stereocenters. The first-order valence-electron chi connectivity index (χ1n) is 7.57. The molecule has 0 N–H and O–H groups in total. The first kappa shape index (κ1) is 15.6. The van der Waals surface area contributed by atoms with Gasteiger partial charge in [-0.3, -0.25) is 0 Å². The van der Waals surface area contributed by atoms with Crippen LogP contribution in [0.1, 0.15) is 25.3 Å². The summed E-state index contributed by atoms with van der Waals surface area (Å²) >= 11 is 5.90. The van der Waals surface area contributed by atoms with Crippen LogP contribution in [0.5, 0.6) is 5.75 Å². The van der Waals surface area contributed by atoms with Crippen molar-refractivity contribution in [2.75, 3.05) is 13.1 Å². The lowest BCUT2D eigenvalue weighted by atomic mass is 9.96. The quantitative estimate of drug-likeness (QED) is 0.834. The van der Waals surface area contributed by atoms with Crippen LogP contribution in [0.4, 0.5) is 4.79 Å². The Morgan fingerprint density at radius 3 is 2.59 bits per heavy atom. The van der Waals surface area contributed by atoms with E-state index in [0.717, 1.165) is 18.4 Å². The summed E-state index contributed by atoms with van der Waals surface area (Å²) in [6.45, 7) is 5.08. The van der Waals surface area contributed by atoms with Gasteiger partial charge in [-0.1, -0.05) is 11.6 Å². The highest BCUT2D eigenvalue weighted by atomic mass is 35.5. The Morgan fingerprint density at radius 1 is 1.32 bits per heavy atom. The smallest absolute Gasteiger partial charge is 0.410 e. The zero-order valence-corrected chi connectivity index (χ0v) is 13.5. The van der Waals surface area contributed by atoms with E-state index in [-0.39, 0.29) is 18.7 Å². The molecule has 2 heterocycles. The van der Waals surface area contributed by atoms with Crippen molar-refractivity contribution in [2.45, 2.75) is 39.3 Å². The molecule has 5 nitrogen and oxygen atoms in total. The maximum Gasteiger partial charge on any atom is 0.415 e. The standard InChI is InChI=1S/C16H20ClNO4/c1-10-9-13(17)3-4-14(10)22-16(19)18-7-5-12(6-8-18)15-20-11(2)21-15/h3-4,9,11-12,15H,5-8H2,1-2H3. The van der Waals surface area contributed by atoms with E-state index in [1.165, 1.54) is 0 Å². The van der Waals surface area contributed by atoms with Crippen molar-refractivity contribution in [1.82, 2.24) is 4.90 Å². The Hall–Kier alpha value is -1.30. The van der Waals surface area contributed by atoms with Crippen molar-refractivity contribution in [1.29, 1.82) is 0 Å². The Morgan fingerprint density at radius 2 is 2.00 bits per heavy atom. The molecule has 1 amide bonds. The van der Waals surface area contributed by atoms with Gasteiger partial charge >= 0.3 is 6.09 Å². The van der Waals surface area contributed by atoms with Gasteiger partial charge in [0.15, 0.2) is 12.6 Å². The lowest BCUT2D eigenvalue weighted by Gasteiger charge is -2.42. The van der Waals surface area contributed by atoms with Crippen molar-refractivity contribution < 1.29 is 19.0 Å².